The zero-order valence-corrected chi connectivity index (χ0v) is 12.3. The molecule has 0 unspecified atom stereocenters. The first kappa shape index (κ1) is 15.8. The molecule has 0 aromatic heterocycles. The molecule has 0 fully saturated rings. The number of nitro groups is 1. The van der Waals surface area contributed by atoms with Gasteiger partial charge in [-0.3, -0.25) is 10.1 Å². The van der Waals surface area contributed by atoms with Crippen LogP contribution in [-0.2, 0) is 13.0 Å². The first-order chi connectivity index (χ1) is 10.5. The average molecular weight is 320 g/mol. The van der Waals surface area contributed by atoms with E-state index in [0.29, 0.717) is 11.1 Å². The van der Waals surface area contributed by atoms with Gasteiger partial charge in [-0.2, -0.15) is 0 Å². The molecule has 0 aliphatic carbocycles. The molecule has 7 heteroatoms. The molecule has 0 amide bonds. The molecule has 2 rings (SSSR count). The zero-order chi connectivity index (χ0) is 16.1. The van der Waals surface area contributed by atoms with E-state index in [9.17, 15) is 14.5 Å². The van der Waals surface area contributed by atoms with Crippen molar-refractivity contribution in [3.63, 3.8) is 0 Å². The number of rotatable bonds is 6. The van der Waals surface area contributed by atoms with Gasteiger partial charge in [0, 0.05) is 12.5 Å². The van der Waals surface area contributed by atoms with Crippen molar-refractivity contribution in [1.29, 1.82) is 0 Å². The van der Waals surface area contributed by atoms with Crippen molar-refractivity contribution in [2.45, 2.75) is 13.0 Å². The van der Waals surface area contributed by atoms with Crippen LogP contribution in [0.25, 0.3) is 0 Å². The van der Waals surface area contributed by atoms with E-state index in [1.54, 1.807) is 18.2 Å². The van der Waals surface area contributed by atoms with Crippen molar-refractivity contribution < 1.29 is 14.1 Å². The maximum Gasteiger partial charge on any atom is 0.311 e. The lowest BCUT2D eigenvalue weighted by atomic mass is 10.1. The summed E-state index contributed by atoms with van der Waals surface area (Å²) < 4.78 is 18.5. The standard InChI is InChI=1S/C15H13FN2O3S/c16-12-3-1-2-11(6-12)9-21-14-5-4-10(8-15(17)22)7-13(14)18(19)20/h1-7H,8-9H2,(H2,17,22). The number of nitrogens with two attached hydrogens (primary N) is 1. The van der Waals surface area contributed by atoms with Gasteiger partial charge in [0.05, 0.1) is 9.91 Å². The van der Waals surface area contributed by atoms with Gasteiger partial charge < -0.3 is 10.5 Å². The number of benzene rings is 2. The summed E-state index contributed by atoms with van der Waals surface area (Å²) in [6.07, 6.45) is 0.278. The van der Waals surface area contributed by atoms with Gasteiger partial charge in [-0.1, -0.05) is 30.4 Å². The maximum atomic E-state index is 13.1. The number of hydrogen-bond donors (Lipinski definition) is 1. The van der Waals surface area contributed by atoms with Gasteiger partial charge in [0.2, 0.25) is 0 Å². The Morgan fingerprint density at radius 2 is 2.05 bits per heavy atom. The van der Waals surface area contributed by atoms with E-state index in [-0.39, 0.29) is 35.3 Å². The average Bonchev–Trinajstić information content (AvgIpc) is 2.45. The Labute approximate surface area is 131 Å². The number of hydrogen-bond acceptors (Lipinski definition) is 4. The molecule has 22 heavy (non-hydrogen) atoms. The van der Waals surface area contributed by atoms with Crippen LogP contribution in [-0.4, -0.2) is 9.91 Å². The Kier molecular flexibility index (Phi) is 5.00. The van der Waals surface area contributed by atoms with Crippen LogP contribution in [0.15, 0.2) is 42.5 Å². The van der Waals surface area contributed by atoms with Crippen LogP contribution in [0.5, 0.6) is 5.75 Å². The highest BCUT2D eigenvalue weighted by atomic mass is 32.1. The molecule has 2 aromatic rings. The highest BCUT2D eigenvalue weighted by Crippen LogP contribution is 2.29. The van der Waals surface area contributed by atoms with E-state index in [1.165, 1.54) is 24.3 Å². The third-order valence-corrected chi connectivity index (χ3v) is 3.03. The molecule has 5 nitrogen and oxygen atoms in total. The topological polar surface area (TPSA) is 78.4 Å². The molecule has 0 aliphatic heterocycles. The molecule has 0 atom stereocenters. The Morgan fingerprint density at radius 3 is 2.68 bits per heavy atom. The quantitative estimate of drug-likeness (QED) is 0.502. The Bertz CT molecular complexity index is 722. The van der Waals surface area contributed by atoms with Gasteiger partial charge in [0.15, 0.2) is 5.75 Å². The molecule has 0 saturated heterocycles. The Balaban J connectivity index is 2.19. The summed E-state index contributed by atoms with van der Waals surface area (Å²) in [5, 5.41) is 11.1. The van der Waals surface area contributed by atoms with Crippen LogP contribution >= 0.6 is 12.2 Å². The van der Waals surface area contributed by atoms with E-state index < -0.39 is 4.92 Å². The zero-order valence-electron chi connectivity index (χ0n) is 11.5. The minimum absolute atomic E-state index is 0.0350. The van der Waals surface area contributed by atoms with Crippen molar-refractivity contribution in [1.82, 2.24) is 0 Å². The minimum atomic E-state index is -0.538. The van der Waals surface area contributed by atoms with Crippen LogP contribution in [0.4, 0.5) is 10.1 Å². The van der Waals surface area contributed by atoms with Crippen LogP contribution in [0.3, 0.4) is 0 Å². The molecule has 0 saturated carbocycles. The van der Waals surface area contributed by atoms with E-state index in [1.807, 2.05) is 0 Å². The van der Waals surface area contributed by atoms with Gasteiger partial charge in [0.25, 0.3) is 0 Å². The molecule has 0 heterocycles. The van der Waals surface area contributed by atoms with E-state index >= 15 is 0 Å². The number of nitrogens with zero attached hydrogens (tertiary/aromatic N) is 1. The molecule has 0 aliphatic rings. The second-order valence-electron chi connectivity index (χ2n) is 4.62. The van der Waals surface area contributed by atoms with E-state index in [4.69, 9.17) is 22.7 Å². The molecule has 0 bridgehead atoms. The lowest BCUT2D eigenvalue weighted by molar-refractivity contribution is -0.386. The second-order valence-corrected chi connectivity index (χ2v) is 5.15. The summed E-state index contributed by atoms with van der Waals surface area (Å²) >= 11 is 4.79. The second kappa shape index (κ2) is 6.95. The van der Waals surface area contributed by atoms with Gasteiger partial charge in [0.1, 0.15) is 12.4 Å². The predicted molar refractivity (Wildman–Crippen MR) is 84.3 cm³/mol. The third-order valence-electron chi connectivity index (χ3n) is 2.88. The Hall–Kier alpha value is -2.54. The number of ether oxygens (including phenoxy) is 1. The largest absolute Gasteiger partial charge is 0.482 e. The van der Waals surface area contributed by atoms with Crippen molar-refractivity contribution in [3.8, 4) is 5.75 Å². The molecular weight excluding hydrogens is 307 g/mol. The van der Waals surface area contributed by atoms with Crippen LogP contribution in [0.2, 0.25) is 0 Å². The summed E-state index contributed by atoms with van der Waals surface area (Å²) in [7, 11) is 0. The fourth-order valence-electron chi connectivity index (χ4n) is 1.93. The minimum Gasteiger partial charge on any atom is -0.482 e. The summed E-state index contributed by atoms with van der Waals surface area (Å²) in [5.41, 5.74) is 6.48. The van der Waals surface area contributed by atoms with Crippen LogP contribution in [0, 0.1) is 15.9 Å². The van der Waals surface area contributed by atoms with Gasteiger partial charge in [-0.05, 0) is 29.3 Å². The lowest BCUT2D eigenvalue weighted by Gasteiger charge is -2.08. The number of thiocarbonyl (C=S) groups is 1. The fourth-order valence-corrected chi connectivity index (χ4v) is 2.09. The molecule has 2 aromatic carbocycles. The molecule has 2 N–H and O–H groups in total. The van der Waals surface area contributed by atoms with Gasteiger partial charge in [-0.25, -0.2) is 4.39 Å². The highest BCUT2D eigenvalue weighted by Gasteiger charge is 2.16. The van der Waals surface area contributed by atoms with Gasteiger partial charge >= 0.3 is 5.69 Å². The van der Waals surface area contributed by atoms with Crippen molar-refractivity contribution in [2.24, 2.45) is 5.73 Å². The lowest BCUT2D eigenvalue weighted by Crippen LogP contribution is -2.11. The number of halogens is 1. The number of nitro benzene ring substituents is 1. The molecule has 0 radical (unpaired) electrons. The molecular formula is C15H13FN2O3S. The first-order valence-corrected chi connectivity index (χ1v) is 6.79. The SMILES string of the molecule is NC(=S)Cc1ccc(OCc2cccc(F)c2)c([N+](=O)[O-])c1. The smallest absolute Gasteiger partial charge is 0.311 e. The van der Waals surface area contributed by atoms with Gasteiger partial charge in [-0.15, -0.1) is 0 Å². The Morgan fingerprint density at radius 1 is 1.27 bits per heavy atom. The van der Waals surface area contributed by atoms with E-state index in [2.05, 4.69) is 0 Å². The monoisotopic (exact) mass is 320 g/mol. The summed E-state index contributed by atoms with van der Waals surface area (Å²) in [4.78, 5) is 10.8. The third kappa shape index (κ3) is 4.23. The summed E-state index contributed by atoms with van der Waals surface area (Å²) in [6, 6.07) is 10.4. The fraction of sp³-hybridized carbons (Fsp3) is 0.133. The van der Waals surface area contributed by atoms with Crippen molar-refractivity contribution in [2.75, 3.05) is 0 Å². The van der Waals surface area contributed by atoms with Crippen LogP contribution in [0.1, 0.15) is 11.1 Å². The van der Waals surface area contributed by atoms with Crippen molar-refractivity contribution in [3.05, 3.63) is 69.5 Å². The predicted octanol–water partition coefficient (Wildman–Crippen LogP) is 3.14. The first-order valence-electron chi connectivity index (χ1n) is 6.38. The van der Waals surface area contributed by atoms with Crippen molar-refractivity contribution >= 4 is 22.9 Å². The maximum absolute atomic E-state index is 13.1. The summed E-state index contributed by atoms with van der Waals surface area (Å²) in [6.45, 7) is 0.0350. The van der Waals surface area contributed by atoms with Crippen LogP contribution < -0.4 is 10.5 Å². The summed E-state index contributed by atoms with van der Waals surface area (Å²) in [5.74, 6) is -0.275. The normalized spacial score (nSPS) is 10.2. The highest BCUT2D eigenvalue weighted by molar-refractivity contribution is 7.80. The molecule has 114 valence electrons. The molecule has 0 spiro atoms. The van der Waals surface area contributed by atoms with E-state index in [0.717, 1.165) is 0 Å².